The van der Waals surface area contributed by atoms with Crippen LogP contribution in [0.5, 0.6) is 11.5 Å². The number of carbonyl (C=O) groups is 3. The topological polar surface area (TPSA) is 134 Å². The summed E-state index contributed by atoms with van der Waals surface area (Å²) in [7, 11) is 3.09. The Morgan fingerprint density at radius 1 is 0.902 bits per heavy atom. The number of amides is 3. The lowest BCUT2D eigenvalue weighted by molar-refractivity contribution is -0.117. The Hall–Kier alpha value is -5.19. The molecule has 3 N–H and O–H groups in total. The van der Waals surface area contributed by atoms with E-state index in [0.717, 1.165) is 5.56 Å². The van der Waals surface area contributed by atoms with Gasteiger partial charge in [0, 0.05) is 24.9 Å². The Morgan fingerprint density at radius 2 is 1.63 bits per heavy atom. The second kappa shape index (κ2) is 16.0. The van der Waals surface area contributed by atoms with E-state index in [1.54, 1.807) is 67.8 Å². The molecule has 0 aliphatic carbocycles. The van der Waals surface area contributed by atoms with Crippen LogP contribution in [0.15, 0.2) is 89.2 Å². The van der Waals surface area contributed by atoms with Crippen LogP contribution in [-0.4, -0.2) is 63.1 Å². The smallest absolute Gasteiger partial charge is 0.253 e. The van der Waals surface area contributed by atoms with Gasteiger partial charge in [-0.1, -0.05) is 41.6 Å². The van der Waals surface area contributed by atoms with Crippen molar-refractivity contribution in [2.75, 3.05) is 51.0 Å². The summed E-state index contributed by atoms with van der Waals surface area (Å²) >= 11 is 0. The monoisotopic (exact) mass is 558 g/mol. The van der Waals surface area contributed by atoms with Gasteiger partial charge in [-0.3, -0.25) is 19.4 Å². The van der Waals surface area contributed by atoms with Gasteiger partial charge in [0.1, 0.15) is 6.54 Å². The van der Waals surface area contributed by atoms with Gasteiger partial charge in [0.2, 0.25) is 11.8 Å². The van der Waals surface area contributed by atoms with Crippen molar-refractivity contribution in [2.24, 2.45) is 10.3 Å². The van der Waals surface area contributed by atoms with E-state index in [0.29, 0.717) is 35.0 Å². The van der Waals surface area contributed by atoms with Crippen LogP contribution >= 0.6 is 0 Å². The molecule has 0 atom stereocenters. The Balaban J connectivity index is 1.48. The van der Waals surface area contributed by atoms with E-state index in [4.69, 9.17) is 9.47 Å². The van der Waals surface area contributed by atoms with Crippen molar-refractivity contribution in [3.8, 4) is 11.5 Å². The van der Waals surface area contributed by atoms with E-state index in [9.17, 15) is 14.4 Å². The molecule has 3 rings (SSSR count). The first-order valence-corrected chi connectivity index (χ1v) is 13.0. The normalized spacial score (nSPS) is 10.8. The van der Waals surface area contributed by atoms with Crippen LogP contribution in [0.3, 0.4) is 0 Å². The van der Waals surface area contributed by atoms with Crippen molar-refractivity contribution in [1.29, 1.82) is 0 Å². The number of methoxy groups -OCH3 is 2. The van der Waals surface area contributed by atoms with Crippen LogP contribution in [0.25, 0.3) is 6.08 Å². The number of benzene rings is 3. The predicted octanol–water partition coefficient (Wildman–Crippen LogP) is 4.41. The standard InChI is InChI=1S/C30H34N6O5/c1-4-36(21-29(38)33-23-10-6-5-7-11-23)35-32-19-18-31-30(39)24-12-8-9-13-25(24)34-28(37)17-15-22-14-16-26(40-2)27(20-22)41-3/h5-17,20H,4,18-19,21H2,1-3H3,(H,31,39)(H,33,38)(H,34,37)/b17-15+,35-32?. The lowest BCUT2D eigenvalue weighted by Gasteiger charge is -2.15. The van der Waals surface area contributed by atoms with Gasteiger partial charge in [-0.05, 0) is 55.0 Å². The maximum absolute atomic E-state index is 12.8. The first-order chi connectivity index (χ1) is 19.9. The molecule has 0 spiro atoms. The van der Waals surface area contributed by atoms with E-state index in [2.05, 4.69) is 26.3 Å². The third kappa shape index (κ3) is 9.81. The number of nitrogens with zero attached hydrogens (tertiary/aromatic N) is 3. The number of hydrogen-bond acceptors (Lipinski definition) is 7. The highest BCUT2D eigenvalue weighted by molar-refractivity contribution is 6.07. The quantitative estimate of drug-likeness (QED) is 0.116. The van der Waals surface area contributed by atoms with Crippen molar-refractivity contribution >= 4 is 35.2 Å². The number of para-hydroxylation sites is 2. The van der Waals surface area contributed by atoms with Crippen molar-refractivity contribution in [3.05, 3.63) is 90.0 Å². The second-order valence-electron chi connectivity index (χ2n) is 8.59. The van der Waals surface area contributed by atoms with Crippen LogP contribution in [0, 0.1) is 0 Å². The number of nitrogens with one attached hydrogen (secondary N) is 3. The summed E-state index contributed by atoms with van der Waals surface area (Å²) in [5.41, 5.74) is 2.13. The lowest BCUT2D eigenvalue weighted by atomic mass is 10.1. The van der Waals surface area contributed by atoms with Crippen LogP contribution in [0.2, 0.25) is 0 Å². The lowest BCUT2D eigenvalue weighted by Crippen LogP contribution is -2.29. The van der Waals surface area contributed by atoms with E-state index in [-0.39, 0.29) is 31.4 Å². The molecule has 0 heterocycles. The van der Waals surface area contributed by atoms with E-state index in [1.807, 2.05) is 25.1 Å². The first kappa shape index (κ1) is 30.4. The Morgan fingerprint density at radius 3 is 2.37 bits per heavy atom. The fourth-order valence-electron chi connectivity index (χ4n) is 3.64. The van der Waals surface area contributed by atoms with Crippen molar-refractivity contribution in [2.45, 2.75) is 6.92 Å². The van der Waals surface area contributed by atoms with Gasteiger partial charge in [0.15, 0.2) is 11.5 Å². The van der Waals surface area contributed by atoms with Gasteiger partial charge in [-0.25, -0.2) is 0 Å². The van der Waals surface area contributed by atoms with Gasteiger partial charge in [-0.2, -0.15) is 5.11 Å². The summed E-state index contributed by atoms with van der Waals surface area (Å²) in [4.78, 5) is 37.6. The molecule has 0 unspecified atom stereocenters. The highest BCUT2D eigenvalue weighted by atomic mass is 16.5. The van der Waals surface area contributed by atoms with E-state index in [1.165, 1.54) is 18.2 Å². The van der Waals surface area contributed by atoms with Crippen LogP contribution in [0.1, 0.15) is 22.8 Å². The molecule has 214 valence electrons. The molecule has 41 heavy (non-hydrogen) atoms. The third-order valence-corrected chi connectivity index (χ3v) is 5.70. The Labute approximate surface area is 239 Å². The van der Waals surface area contributed by atoms with Gasteiger partial charge in [0.05, 0.1) is 32.0 Å². The summed E-state index contributed by atoms with van der Waals surface area (Å²) in [6.07, 6.45) is 3.01. The largest absolute Gasteiger partial charge is 0.493 e. The minimum Gasteiger partial charge on any atom is -0.493 e. The molecular weight excluding hydrogens is 524 g/mol. The SMILES string of the molecule is CCN(CC(=O)Nc1ccccc1)N=NCCNC(=O)c1ccccc1NC(=O)/C=C/c1ccc(OC)c(OC)c1. The molecule has 0 bridgehead atoms. The molecule has 3 aromatic carbocycles. The fraction of sp³-hybridized carbons (Fsp3) is 0.233. The molecule has 0 saturated carbocycles. The Bertz CT molecular complexity index is 1380. The molecule has 0 aliphatic heterocycles. The summed E-state index contributed by atoms with van der Waals surface area (Å²) in [6.45, 7) is 2.84. The summed E-state index contributed by atoms with van der Waals surface area (Å²) in [5.74, 6) is 0.166. The molecule has 11 heteroatoms. The number of rotatable bonds is 14. The highest BCUT2D eigenvalue weighted by Crippen LogP contribution is 2.28. The minimum absolute atomic E-state index is 0.0504. The fourth-order valence-corrected chi connectivity index (χ4v) is 3.64. The number of likely N-dealkylation sites (N-methyl/N-ethyl adjacent to an activating group) is 1. The van der Waals surface area contributed by atoms with E-state index < -0.39 is 5.91 Å². The average molecular weight is 559 g/mol. The van der Waals surface area contributed by atoms with Crippen molar-refractivity contribution in [3.63, 3.8) is 0 Å². The zero-order chi connectivity index (χ0) is 29.5. The summed E-state index contributed by atoms with van der Waals surface area (Å²) in [5, 5.41) is 18.0. The maximum atomic E-state index is 12.8. The zero-order valence-electron chi connectivity index (χ0n) is 23.3. The zero-order valence-corrected chi connectivity index (χ0v) is 23.3. The molecule has 0 fully saturated rings. The van der Waals surface area contributed by atoms with Gasteiger partial charge in [-0.15, -0.1) is 0 Å². The third-order valence-electron chi connectivity index (χ3n) is 5.70. The van der Waals surface area contributed by atoms with Gasteiger partial charge >= 0.3 is 0 Å². The van der Waals surface area contributed by atoms with Gasteiger partial charge in [0.25, 0.3) is 5.91 Å². The molecule has 0 aromatic heterocycles. The predicted molar refractivity (Wildman–Crippen MR) is 158 cm³/mol. The summed E-state index contributed by atoms with van der Waals surface area (Å²) < 4.78 is 10.5. The van der Waals surface area contributed by atoms with Crippen LogP contribution in [0.4, 0.5) is 11.4 Å². The minimum atomic E-state index is -0.398. The number of ether oxygens (including phenoxy) is 2. The molecule has 3 aromatic rings. The van der Waals surface area contributed by atoms with Crippen molar-refractivity contribution < 1.29 is 23.9 Å². The molecule has 0 radical (unpaired) electrons. The second-order valence-corrected chi connectivity index (χ2v) is 8.59. The number of hydrogen-bond donors (Lipinski definition) is 3. The maximum Gasteiger partial charge on any atom is 0.253 e. The molecule has 0 aliphatic rings. The van der Waals surface area contributed by atoms with E-state index >= 15 is 0 Å². The Kier molecular flexibility index (Phi) is 11.9. The molecule has 3 amide bonds. The van der Waals surface area contributed by atoms with Crippen LogP contribution < -0.4 is 25.4 Å². The average Bonchev–Trinajstić information content (AvgIpc) is 2.99. The van der Waals surface area contributed by atoms with Crippen LogP contribution in [-0.2, 0) is 9.59 Å². The van der Waals surface area contributed by atoms with Crippen molar-refractivity contribution in [1.82, 2.24) is 10.3 Å². The molecule has 11 nitrogen and oxygen atoms in total. The van der Waals surface area contributed by atoms with Gasteiger partial charge < -0.3 is 25.4 Å². The molecule has 0 saturated heterocycles. The first-order valence-electron chi connectivity index (χ1n) is 13.0. The number of anilines is 2. The number of carbonyl (C=O) groups excluding carboxylic acids is 3. The summed E-state index contributed by atoms with van der Waals surface area (Å²) in [6, 6.07) is 21.2. The molecular formula is C30H34N6O5. The highest BCUT2D eigenvalue weighted by Gasteiger charge is 2.12.